The number of hydrogen-bond acceptors (Lipinski definition) is 5. The minimum atomic E-state index is -0.312. The molecule has 1 heterocycles. The molecule has 0 radical (unpaired) electrons. The molecule has 1 rings (SSSR count). The fourth-order valence-electron chi connectivity index (χ4n) is 1.40. The van der Waals surface area contributed by atoms with Gasteiger partial charge in [-0.25, -0.2) is 4.79 Å². The van der Waals surface area contributed by atoms with Crippen LogP contribution in [0.4, 0.5) is 4.79 Å². The van der Waals surface area contributed by atoms with Crippen molar-refractivity contribution in [2.45, 2.75) is 6.92 Å². The van der Waals surface area contributed by atoms with Crippen molar-refractivity contribution < 1.29 is 23.7 Å². The molecule has 0 unspecified atom stereocenters. The van der Waals surface area contributed by atoms with Gasteiger partial charge in [0.15, 0.2) is 0 Å². The lowest BCUT2D eigenvalue weighted by atomic mass is 10.5. The topological polar surface area (TPSA) is 57.2 Å². The van der Waals surface area contributed by atoms with Crippen LogP contribution in [0, 0.1) is 0 Å². The van der Waals surface area contributed by atoms with Crippen molar-refractivity contribution >= 4 is 6.09 Å². The highest BCUT2D eigenvalue weighted by Gasteiger charge is 2.14. The molecule has 0 N–H and O–H groups in total. The van der Waals surface area contributed by atoms with Gasteiger partial charge in [-0.05, 0) is 6.92 Å². The maximum atomic E-state index is 11.6. The molecule has 0 aliphatic carbocycles. The Bertz CT molecular complexity index is 200. The largest absolute Gasteiger partial charge is 0.450 e. The van der Waals surface area contributed by atoms with Crippen LogP contribution in [-0.4, -0.2) is 70.3 Å². The second-order valence-electron chi connectivity index (χ2n) is 3.52. The first-order valence-corrected chi connectivity index (χ1v) is 5.99. The molecule has 0 aromatic heterocycles. The zero-order chi connectivity index (χ0) is 12.3. The van der Waals surface area contributed by atoms with Gasteiger partial charge in [-0.1, -0.05) is 0 Å². The van der Waals surface area contributed by atoms with Crippen molar-refractivity contribution in [1.82, 2.24) is 4.90 Å². The van der Waals surface area contributed by atoms with Gasteiger partial charge in [0.25, 0.3) is 0 Å². The fourth-order valence-corrected chi connectivity index (χ4v) is 1.40. The molecule has 0 bridgehead atoms. The van der Waals surface area contributed by atoms with Crippen molar-refractivity contribution in [3.05, 3.63) is 0 Å². The summed E-state index contributed by atoms with van der Waals surface area (Å²) >= 11 is 0. The Labute approximate surface area is 102 Å². The van der Waals surface area contributed by atoms with Crippen molar-refractivity contribution in [3.63, 3.8) is 0 Å². The predicted octanol–water partition coefficient (Wildman–Crippen LogP) is 0.508. The molecule has 1 amide bonds. The molecule has 6 nitrogen and oxygen atoms in total. The highest BCUT2D eigenvalue weighted by Crippen LogP contribution is 1.96. The fraction of sp³-hybridized carbons (Fsp3) is 0.909. The van der Waals surface area contributed by atoms with Crippen molar-refractivity contribution in [3.8, 4) is 0 Å². The maximum absolute atomic E-state index is 11.6. The van der Waals surface area contributed by atoms with Crippen LogP contribution in [0.1, 0.15) is 6.92 Å². The van der Waals surface area contributed by atoms with Crippen LogP contribution < -0.4 is 0 Å². The Kier molecular flexibility index (Phi) is 7.70. The van der Waals surface area contributed by atoms with Gasteiger partial charge in [-0.3, -0.25) is 0 Å². The van der Waals surface area contributed by atoms with Crippen LogP contribution in [0.15, 0.2) is 0 Å². The number of amides is 1. The van der Waals surface area contributed by atoms with Crippen LogP contribution in [0.5, 0.6) is 0 Å². The maximum Gasteiger partial charge on any atom is 0.409 e. The lowest BCUT2D eigenvalue weighted by molar-refractivity contribution is -0.00609. The molecule has 1 aliphatic rings. The summed E-state index contributed by atoms with van der Waals surface area (Å²) in [6.07, 6.45) is -0.312. The summed E-state index contributed by atoms with van der Waals surface area (Å²) in [5.74, 6) is 0. The SMILES string of the molecule is CCOC(=O)N1CCOCCOCCOCC1. The molecule has 17 heavy (non-hydrogen) atoms. The van der Waals surface area contributed by atoms with E-state index < -0.39 is 0 Å². The Morgan fingerprint density at radius 3 is 1.94 bits per heavy atom. The molecule has 100 valence electrons. The monoisotopic (exact) mass is 247 g/mol. The molecular formula is C11H21NO5. The standard InChI is InChI=1S/C11H21NO5/c1-2-17-11(13)12-3-5-14-7-9-16-10-8-15-6-4-12/h2-10H2,1H3. The normalized spacial score (nSPS) is 20.2. The van der Waals surface area contributed by atoms with Crippen LogP contribution in [0.3, 0.4) is 0 Å². The van der Waals surface area contributed by atoms with Crippen LogP contribution >= 0.6 is 0 Å². The first kappa shape index (κ1) is 14.2. The molecular weight excluding hydrogens is 226 g/mol. The zero-order valence-corrected chi connectivity index (χ0v) is 10.4. The summed E-state index contributed by atoms with van der Waals surface area (Å²) < 4.78 is 20.9. The molecule has 0 saturated carbocycles. The Hall–Kier alpha value is -0.850. The summed E-state index contributed by atoms with van der Waals surface area (Å²) in [5.41, 5.74) is 0. The van der Waals surface area contributed by atoms with Crippen molar-refractivity contribution in [2.24, 2.45) is 0 Å². The molecule has 0 spiro atoms. The third kappa shape index (κ3) is 6.45. The van der Waals surface area contributed by atoms with Gasteiger partial charge in [0, 0.05) is 13.1 Å². The van der Waals surface area contributed by atoms with Gasteiger partial charge in [0.1, 0.15) is 0 Å². The molecule has 0 aromatic rings. The van der Waals surface area contributed by atoms with E-state index in [1.165, 1.54) is 0 Å². The van der Waals surface area contributed by atoms with E-state index in [0.717, 1.165) is 0 Å². The predicted molar refractivity (Wildman–Crippen MR) is 61.1 cm³/mol. The molecule has 1 saturated heterocycles. The molecule has 0 atom stereocenters. The Balaban J connectivity index is 2.34. The van der Waals surface area contributed by atoms with Gasteiger partial charge >= 0.3 is 6.09 Å². The first-order chi connectivity index (χ1) is 8.34. The van der Waals surface area contributed by atoms with E-state index in [9.17, 15) is 4.79 Å². The molecule has 6 heteroatoms. The highest BCUT2D eigenvalue weighted by molar-refractivity contribution is 5.67. The van der Waals surface area contributed by atoms with E-state index in [-0.39, 0.29) is 6.09 Å². The lowest BCUT2D eigenvalue weighted by Crippen LogP contribution is -2.37. The Morgan fingerprint density at radius 2 is 1.47 bits per heavy atom. The number of hydrogen-bond donors (Lipinski definition) is 0. The van der Waals surface area contributed by atoms with Crippen molar-refractivity contribution in [1.29, 1.82) is 0 Å². The highest BCUT2D eigenvalue weighted by atomic mass is 16.6. The summed E-state index contributed by atoms with van der Waals surface area (Å²) in [6.45, 7) is 6.37. The number of carbonyl (C=O) groups is 1. The van der Waals surface area contributed by atoms with Gasteiger partial charge in [-0.2, -0.15) is 0 Å². The van der Waals surface area contributed by atoms with Gasteiger partial charge in [-0.15, -0.1) is 0 Å². The van der Waals surface area contributed by atoms with E-state index in [2.05, 4.69) is 0 Å². The van der Waals surface area contributed by atoms with Crippen LogP contribution in [-0.2, 0) is 18.9 Å². The number of carbonyl (C=O) groups excluding carboxylic acids is 1. The lowest BCUT2D eigenvalue weighted by Gasteiger charge is -2.22. The first-order valence-electron chi connectivity index (χ1n) is 5.99. The summed E-state index contributed by atoms with van der Waals surface area (Å²) in [7, 11) is 0. The average Bonchev–Trinajstić information content (AvgIpc) is 2.30. The third-order valence-electron chi connectivity index (χ3n) is 2.28. The van der Waals surface area contributed by atoms with E-state index in [1.807, 2.05) is 0 Å². The average molecular weight is 247 g/mol. The second-order valence-corrected chi connectivity index (χ2v) is 3.52. The molecule has 0 aromatic carbocycles. The molecule has 1 aliphatic heterocycles. The third-order valence-corrected chi connectivity index (χ3v) is 2.28. The van der Waals surface area contributed by atoms with Crippen LogP contribution in [0.2, 0.25) is 0 Å². The van der Waals surface area contributed by atoms with Crippen molar-refractivity contribution in [2.75, 3.05) is 59.3 Å². The minimum Gasteiger partial charge on any atom is -0.450 e. The Morgan fingerprint density at radius 1 is 1.00 bits per heavy atom. The second kappa shape index (κ2) is 9.21. The quantitative estimate of drug-likeness (QED) is 0.675. The van der Waals surface area contributed by atoms with E-state index in [0.29, 0.717) is 59.3 Å². The summed E-state index contributed by atoms with van der Waals surface area (Å²) in [5, 5.41) is 0. The van der Waals surface area contributed by atoms with E-state index in [4.69, 9.17) is 18.9 Å². The van der Waals surface area contributed by atoms with E-state index in [1.54, 1.807) is 11.8 Å². The van der Waals surface area contributed by atoms with Crippen LogP contribution in [0.25, 0.3) is 0 Å². The number of nitrogens with zero attached hydrogens (tertiary/aromatic N) is 1. The van der Waals surface area contributed by atoms with E-state index >= 15 is 0 Å². The number of rotatable bonds is 1. The summed E-state index contributed by atoms with van der Waals surface area (Å²) in [6, 6.07) is 0. The number of ether oxygens (including phenoxy) is 4. The van der Waals surface area contributed by atoms with Gasteiger partial charge < -0.3 is 23.8 Å². The van der Waals surface area contributed by atoms with Gasteiger partial charge in [0.2, 0.25) is 0 Å². The molecule has 1 fully saturated rings. The smallest absolute Gasteiger partial charge is 0.409 e. The van der Waals surface area contributed by atoms with Gasteiger partial charge in [0.05, 0.1) is 46.2 Å². The zero-order valence-electron chi connectivity index (χ0n) is 10.4. The minimum absolute atomic E-state index is 0.312. The summed E-state index contributed by atoms with van der Waals surface area (Å²) in [4.78, 5) is 13.2.